The van der Waals surface area contributed by atoms with E-state index in [1.165, 1.54) is 0 Å². The summed E-state index contributed by atoms with van der Waals surface area (Å²) in [4.78, 5) is 8.81. The van der Waals surface area contributed by atoms with Crippen molar-refractivity contribution in [1.29, 1.82) is 0 Å². The Morgan fingerprint density at radius 1 is 1.20 bits per heavy atom. The molecule has 2 nitrogen and oxygen atoms in total. The lowest BCUT2D eigenvalue weighted by atomic mass is 10.2. The molecule has 0 bridgehead atoms. The summed E-state index contributed by atoms with van der Waals surface area (Å²) >= 11 is 3.41. The van der Waals surface area contributed by atoms with Gasteiger partial charge in [0, 0.05) is 28.3 Å². The Balaban J connectivity index is 2.43. The predicted octanol–water partition coefficient (Wildman–Crippen LogP) is 3.35. The molecular weight excluding hydrogens is 252 g/mol. The van der Waals surface area contributed by atoms with Gasteiger partial charge in [-0.15, -0.1) is 0 Å². The van der Waals surface area contributed by atoms with E-state index in [9.17, 15) is 0 Å². The molecule has 0 aliphatic rings. The van der Waals surface area contributed by atoms with Crippen molar-refractivity contribution >= 4 is 15.9 Å². The average Bonchev–Trinajstić information content (AvgIpc) is 2.30. The van der Waals surface area contributed by atoms with Crippen LogP contribution in [0, 0.1) is 6.92 Å². The summed E-state index contributed by atoms with van der Waals surface area (Å²) in [5.74, 6) is 0.790. The number of aryl methyl sites for hydroxylation is 1. The first-order valence-corrected chi connectivity index (χ1v) is 5.87. The molecule has 0 fully saturated rings. The quantitative estimate of drug-likeness (QED) is 0.776. The molecule has 0 N–H and O–H groups in total. The number of aromatic nitrogens is 2. The highest BCUT2D eigenvalue weighted by molar-refractivity contribution is 9.08. The van der Waals surface area contributed by atoms with Gasteiger partial charge in [-0.05, 0) is 6.92 Å². The third kappa shape index (κ3) is 2.23. The van der Waals surface area contributed by atoms with E-state index in [-0.39, 0.29) is 0 Å². The molecule has 1 heterocycles. The first-order chi connectivity index (χ1) is 7.31. The lowest BCUT2D eigenvalue weighted by molar-refractivity contribution is 1.07. The van der Waals surface area contributed by atoms with E-state index in [0.717, 1.165) is 28.0 Å². The van der Waals surface area contributed by atoms with Gasteiger partial charge >= 0.3 is 0 Å². The molecule has 1 aromatic carbocycles. The minimum absolute atomic E-state index is 0.790. The van der Waals surface area contributed by atoms with Crippen LogP contribution in [0.5, 0.6) is 0 Å². The van der Waals surface area contributed by atoms with E-state index in [4.69, 9.17) is 0 Å². The molecule has 1 aromatic heterocycles. The number of nitrogens with zero attached hydrogens (tertiary/aromatic N) is 2. The molecule has 0 aliphatic carbocycles. The fourth-order valence-corrected chi connectivity index (χ4v) is 1.90. The number of benzene rings is 1. The van der Waals surface area contributed by atoms with Crippen LogP contribution in [-0.2, 0) is 5.33 Å². The summed E-state index contributed by atoms with van der Waals surface area (Å²) < 4.78 is 0. The minimum Gasteiger partial charge on any atom is -0.236 e. The highest BCUT2D eigenvalue weighted by Crippen LogP contribution is 2.16. The molecule has 0 amide bonds. The second-order valence-corrected chi connectivity index (χ2v) is 3.86. The van der Waals surface area contributed by atoms with Crippen LogP contribution >= 0.6 is 15.9 Å². The normalized spacial score (nSPS) is 10.3. The minimum atomic E-state index is 0.790. The predicted molar refractivity (Wildman–Crippen MR) is 64.8 cm³/mol. The number of alkyl halides is 1. The highest BCUT2D eigenvalue weighted by atomic mass is 79.9. The van der Waals surface area contributed by atoms with Crippen molar-refractivity contribution in [2.75, 3.05) is 0 Å². The van der Waals surface area contributed by atoms with Gasteiger partial charge in [-0.25, -0.2) is 9.97 Å². The van der Waals surface area contributed by atoms with Gasteiger partial charge in [-0.3, -0.25) is 0 Å². The lowest BCUT2D eigenvalue weighted by Gasteiger charge is -2.04. The molecule has 0 unspecified atom stereocenters. The molecular formula is C12H11BrN2. The molecule has 0 saturated carbocycles. The second-order valence-electron chi connectivity index (χ2n) is 3.30. The van der Waals surface area contributed by atoms with Gasteiger partial charge in [0.15, 0.2) is 5.82 Å². The molecule has 2 rings (SSSR count). The smallest absolute Gasteiger partial charge is 0.159 e. The maximum absolute atomic E-state index is 4.47. The number of hydrogen-bond donors (Lipinski definition) is 0. The summed E-state index contributed by atoms with van der Waals surface area (Å²) in [6.07, 6.45) is 1.87. The van der Waals surface area contributed by atoms with Crippen LogP contribution in [0.25, 0.3) is 11.4 Å². The summed E-state index contributed by atoms with van der Waals surface area (Å²) in [6, 6.07) is 10.0. The second kappa shape index (κ2) is 4.53. The molecule has 0 radical (unpaired) electrons. The van der Waals surface area contributed by atoms with Crippen molar-refractivity contribution < 1.29 is 0 Å². The third-order valence-corrected chi connectivity index (χ3v) is 2.86. The van der Waals surface area contributed by atoms with Crippen molar-refractivity contribution in [3.8, 4) is 11.4 Å². The SMILES string of the molecule is Cc1nc(-c2ccccc2)ncc1CBr. The number of rotatable bonds is 2. The molecule has 0 spiro atoms. The van der Waals surface area contributed by atoms with Crippen LogP contribution < -0.4 is 0 Å². The molecule has 76 valence electrons. The van der Waals surface area contributed by atoms with E-state index in [0.29, 0.717) is 0 Å². The van der Waals surface area contributed by atoms with Crippen molar-refractivity contribution in [3.63, 3.8) is 0 Å². The van der Waals surface area contributed by atoms with Crippen molar-refractivity contribution in [3.05, 3.63) is 47.8 Å². The van der Waals surface area contributed by atoms with Gasteiger partial charge in [-0.1, -0.05) is 46.3 Å². The Morgan fingerprint density at radius 3 is 2.53 bits per heavy atom. The Hall–Kier alpha value is -1.22. The zero-order valence-electron chi connectivity index (χ0n) is 8.44. The summed E-state index contributed by atoms with van der Waals surface area (Å²) in [5, 5.41) is 0.800. The largest absolute Gasteiger partial charge is 0.236 e. The molecule has 0 atom stereocenters. The summed E-state index contributed by atoms with van der Waals surface area (Å²) in [5.41, 5.74) is 3.22. The standard InChI is InChI=1S/C12H11BrN2/c1-9-11(7-13)8-14-12(15-9)10-5-3-2-4-6-10/h2-6,8H,7H2,1H3. The summed E-state index contributed by atoms with van der Waals surface area (Å²) in [7, 11) is 0. The van der Waals surface area contributed by atoms with Crippen molar-refractivity contribution in [2.45, 2.75) is 12.3 Å². The maximum Gasteiger partial charge on any atom is 0.159 e. The maximum atomic E-state index is 4.47. The van der Waals surface area contributed by atoms with Crippen molar-refractivity contribution in [2.24, 2.45) is 0 Å². The lowest BCUT2D eigenvalue weighted by Crippen LogP contribution is -1.95. The van der Waals surface area contributed by atoms with Crippen molar-refractivity contribution in [1.82, 2.24) is 9.97 Å². The van der Waals surface area contributed by atoms with Gasteiger partial charge in [0.05, 0.1) is 0 Å². The fourth-order valence-electron chi connectivity index (χ4n) is 1.35. The van der Waals surface area contributed by atoms with Crippen LogP contribution in [0.2, 0.25) is 0 Å². The fraction of sp³-hybridized carbons (Fsp3) is 0.167. The van der Waals surface area contributed by atoms with E-state index in [2.05, 4.69) is 25.9 Å². The van der Waals surface area contributed by atoms with Crippen LogP contribution in [0.4, 0.5) is 0 Å². The van der Waals surface area contributed by atoms with Crippen LogP contribution in [-0.4, -0.2) is 9.97 Å². The Labute approximate surface area is 97.5 Å². The van der Waals surface area contributed by atoms with Gasteiger partial charge in [0.25, 0.3) is 0 Å². The van der Waals surface area contributed by atoms with E-state index < -0.39 is 0 Å². The van der Waals surface area contributed by atoms with Crippen LogP contribution in [0.15, 0.2) is 36.5 Å². The van der Waals surface area contributed by atoms with Gasteiger partial charge < -0.3 is 0 Å². The Bertz CT molecular complexity index is 454. The van der Waals surface area contributed by atoms with E-state index >= 15 is 0 Å². The molecule has 3 heteroatoms. The number of hydrogen-bond acceptors (Lipinski definition) is 2. The first-order valence-electron chi connectivity index (χ1n) is 4.75. The summed E-state index contributed by atoms with van der Waals surface area (Å²) in [6.45, 7) is 2.00. The third-order valence-electron chi connectivity index (χ3n) is 2.26. The highest BCUT2D eigenvalue weighted by Gasteiger charge is 2.03. The molecule has 15 heavy (non-hydrogen) atoms. The van der Waals surface area contributed by atoms with Gasteiger partial charge in [0.2, 0.25) is 0 Å². The zero-order valence-corrected chi connectivity index (χ0v) is 10.0. The topological polar surface area (TPSA) is 25.8 Å². The van der Waals surface area contributed by atoms with Crippen LogP contribution in [0.1, 0.15) is 11.3 Å². The van der Waals surface area contributed by atoms with Gasteiger partial charge in [0.1, 0.15) is 0 Å². The number of halogens is 1. The van der Waals surface area contributed by atoms with E-state index in [1.54, 1.807) is 0 Å². The van der Waals surface area contributed by atoms with Crippen LogP contribution in [0.3, 0.4) is 0 Å². The monoisotopic (exact) mass is 262 g/mol. The Morgan fingerprint density at radius 2 is 1.93 bits per heavy atom. The van der Waals surface area contributed by atoms with E-state index in [1.807, 2.05) is 43.5 Å². The average molecular weight is 263 g/mol. The molecule has 0 aliphatic heterocycles. The molecule has 0 saturated heterocycles. The first kappa shape index (κ1) is 10.3. The molecule has 2 aromatic rings. The Kier molecular flexibility index (Phi) is 3.11. The van der Waals surface area contributed by atoms with Gasteiger partial charge in [-0.2, -0.15) is 0 Å². The zero-order chi connectivity index (χ0) is 10.7.